The van der Waals surface area contributed by atoms with Crippen molar-refractivity contribution in [1.29, 1.82) is 0 Å². The SMILES string of the molecule is Cc1ncc([B-](F)(F)F)cc1S(C)(=O)=O. The van der Waals surface area contributed by atoms with Crippen LogP contribution in [0, 0.1) is 6.92 Å². The van der Waals surface area contributed by atoms with Gasteiger partial charge in [0.25, 0.3) is 0 Å². The van der Waals surface area contributed by atoms with E-state index in [9.17, 15) is 21.4 Å². The van der Waals surface area contributed by atoms with Crippen LogP contribution in [0.1, 0.15) is 5.69 Å². The van der Waals surface area contributed by atoms with Gasteiger partial charge < -0.3 is 12.9 Å². The number of nitrogens with zero attached hydrogens (tertiary/aromatic N) is 1. The number of aryl methyl sites for hydroxylation is 1. The van der Waals surface area contributed by atoms with Crippen molar-refractivity contribution in [3.63, 3.8) is 0 Å². The summed E-state index contributed by atoms with van der Waals surface area (Å²) in [5.41, 5.74) is -0.928. The molecule has 0 aliphatic heterocycles. The topological polar surface area (TPSA) is 47.0 Å². The largest absolute Gasteiger partial charge is 0.511 e. The summed E-state index contributed by atoms with van der Waals surface area (Å²) in [6.45, 7) is -3.87. The van der Waals surface area contributed by atoms with Crippen molar-refractivity contribution in [1.82, 2.24) is 4.98 Å². The Labute approximate surface area is 85.3 Å². The molecule has 15 heavy (non-hydrogen) atoms. The van der Waals surface area contributed by atoms with Gasteiger partial charge in [0.05, 0.1) is 10.6 Å². The summed E-state index contributed by atoms with van der Waals surface area (Å²) in [6.07, 6.45) is 1.49. The fourth-order valence-electron chi connectivity index (χ4n) is 1.08. The second kappa shape index (κ2) is 3.51. The molecule has 0 radical (unpaired) electrons. The molecule has 0 aliphatic carbocycles. The lowest BCUT2D eigenvalue weighted by molar-refractivity contribution is 0.500. The molecule has 0 unspecified atom stereocenters. The Morgan fingerprint density at radius 3 is 2.27 bits per heavy atom. The molecular formula is C7H8BF3NO2S-. The summed E-state index contributed by atoms with van der Waals surface area (Å²) in [5.74, 6) is 0. The zero-order valence-corrected chi connectivity index (χ0v) is 8.85. The number of rotatable bonds is 2. The quantitative estimate of drug-likeness (QED) is 0.717. The standard InChI is InChI=1S/C7H8BF3NO2S/c1-5-7(15(2,13)14)3-6(4-12-5)8(9,10)11/h3-4H,1-2H3/q-1. The smallest absolute Gasteiger partial charge is 0.445 e. The lowest BCUT2D eigenvalue weighted by atomic mass is 9.81. The van der Waals surface area contributed by atoms with E-state index >= 15 is 0 Å². The molecule has 0 saturated carbocycles. The van der Waals surface area contributed by atoms with Gasteiger partial charge in [-0.05, 0) is 6.92 Å². The third-order valence-corrected chi connectivity index (χ3v) is 3.05. The third-order valence-electron chi connectivity index (χ3n) is 1.84. The van der Waals surface area contributed by atoms with E-state index in [0.29, 0.717) is 12.3 Å². The number of aromatic nitrogens is 1. The van der Waals surface area contributed by atoms with E-state index < -0.39 is 22.3 Å². The first kappa shape index (κ1) is 12.0. The summed E-state index contributed by atoms with van der Waals surface area (Å²) in [6, 6.07) is 0.623. The highest BCUT2D eigenvalue weighted by molar-refractivity contribution is 7.90. The van der Waals surface area contributed by atoms with E-state index in [1.165, 1.54) is 6.92 Å². The summed E-state index contributed by atoms with van der Waals surface area (Å²) < 4.78 is 59.2. The predicted molar refractivity (Wildman–Crippen MR) is 50.8 cm³/mol. The molecule has 0 aromatic carbocycles. The van der Waals surface area contributed by atoms with E-state index in [2.05, 4.69) is 4.98 Å². The molecule has 0 spiro atoms. The molecule has 1 rings (SSSR count). The molecule has 0 amide bonds. The number of pyridine rings is 1. The van der Waals surface area contributed by atoms with Crippen LogP contribution in [0.15, 0.2) is 17.2 Å². The van der Waals surface area contributed by atoms with Crippen molar-refractivity contribution < 1.29 is 21.4 Å². The van der Waals surface area contributed by atoms with Crippen LogP contribution in [0.4, 0.5) is 12.9 Å². The molecule has 3 nitrogen and oxygen atoms in total. The number of hydrogen-bond donors (Lipinski definition) is 0. The highest BCUT2D eigenvalue weighted by atomic mass is 32.2. The molecule has 0 bridgehead atoms. The fraction of sp³-hybridized carbons (Fsp3) is 0.286. The monoisotopic (exact) mass is 238 g/mol. The van der Waals surface area contributed by atoms with Crippen LogP contribution in [0.2, 0.25) is 0 Å². The summed E-state index contributed by atoms with van der Waals surface area (Å²) in [7, 11) is -3.67. The molecule has 1 heterocycles. The molecule has 0 aliphatic rings. The second-order valence-electron chi connectivity index (χ2n) is 3.20. The van der Waals surface area contributed by atoms with Gasteiger partial charge in [0.15, 0.2) is 9.84 Å². The van der Waals surface area contributed by atoms with Gasteiger partial charge in [-0.15, -0.1) is 0 Å². The third kappa shape index (κ3) is 2.71. The first-order chi connectivity index (χ1) is 6.62. The number of sulfone groups is 1. The maximum absolute atomic E-state index is 12.3. The Morgan fingerprint density at radius 1 is 1.33 bits per heavy atom. The summed E-state index contributed by atoms with van der Waals surface area (Å²) in [4.78, 5) is 3.05. The Balaban J connectivity index is 3.43. The first-order valence-corrected chi connectivity index (χ1v) is 5.88. The van der Waals surface area contributed by atoms with Crippen LogP contribution in [0.25, 0.3) is 0 Å². The number of halogens is 3. The van der Waals surface area contributed by atoms with Crippen molar-refractivity contribution in [2.24, 2.45) is 0 Å². The van der Waals surface area contributed by atoms with Crippen LogP contribution in [0.3, 0.4) is 0 Å². The van der Waals surface area contributed by atoms with E-state index in [0.717, 1.165) is 6.26 Å². The Morgan fingerprint density at radius 2 is 1.87 bits per heavy atom. The molecule has 8 heteroatoms. The minimum absolute atomic E-state index is 0.0706. The minimum atomic E-state index is -5.22. The van der Waals surface area contributed by atoms with Crippen molar-refractivity contribution >= 4 is 22.3 Å². The number of hydrogen-bond acceptors (Lipinski definition) is 3. The molecule has 0 saturated heterocycles. The highest BCUT2D eigenvalue weighted by Crippen LogP contribution is 2.14. The van der Waals surface area contributed by atoms with E-state index in [4.69, 9.17) is 0 Å². The van der Waals surface area contributed by atoms with Crippen molar-refractivity contribution in [2.75, 3.05) is 6.26 Å². The second-order valence-corrected chi connectivity index (χ2v) is 5.18. The summed E-state index contributed by atoms with van der Waals surface area (Å²) >= 11 is 0. The van der Waals surface area contributed by atoms with Gasteiger partial charge in [0.1, 0.15) is 0 Å². The van der Waals surface area contributed by atoms with Crippen LogP contribution in [-0.4, -0.2) is 26.6 Å². The average molecular weight is 238 g/mol. The van der Waals surface area contributed by atoms with Crippen molar-refractivity contribution in [3.8, 4) is 0 Å². The Kier molecular flexibility index (Phi) is 2.82. The first-order valence-electron chi connectivity index (χ1n) is 3.99. The molecular weight excluding hydrogens is 230 g/mol. The zero-order valence-electron chi connectivity index (χ0n) is 8.04. The van der Waals surface area contributed by atoms with Gasteiger partial charge in [0, 0.05) is 12.5 Å². The van der Waals surface area contributed by atoms with Crippen LogP contribution < -0.4 is 5.46 Å². The maximum Gasteiger partial charge on any atom is 0.511 e. The normalized spacial score (nSPS) is 12.9. The molecule has 1 aromatic heterocycles. The zero-order chi connectivity index (χ0) is 11.9. The minimum Gasteiger partial charge on any atom is -0.445 e. The molecule has 84 valence electrons. The Hall–Kier alpha value is -1.05. The van der Waals surface area contributed by atoms with E-state index in [1.54, 1.807) is 0 Å². The highest BCUT2D eigenvalue weighted by Gasteiger charge is 2.27. The molecule has 0 atom stereocenters. The molecule has 0 N–H and O–H groups in total. The average Bonchev–Trinajstić information content (AvgIpc) is 2.00. The van der Waals surface area contributed by atoms with Crippen LogP contribution >= 0.6 is 0 Å². The maximum atomic E-state index is 12.3. The van der Waals surface area contributed by atoms with Gasteiger partial charge in [-0.2, -0.15) is 0 Å². The van der Waals surface area contributed by atoms with E-state index in [1.807, 2.05) is 0 Å². The van der Waals surface area contributed by atoms with Gasteiger partial charge in [0.2, 0.25) is 0 Å². The lowest BCUT2D eigenvalue weighted by Crippen LogP contribution is -2.35. The van der Waals surface area contributed by atoms with Gasteiger partial charge >= 0.3 is 6.98 Å². The molecule has 0 fully saturated rings. The predicted octanol–water partition coefficient (Wildman–Crippen LogP) is 0.848. The Bertz CT molecular complexity index is 483. The van der Waals surface area contributed by atoms with Gasteiger partial charge in [-0.1, -0.05) is 11.5 Å². The van der Waals surface area contributed by atoms with Gasteiger partial charge in [-0.25, -0.2) is 8.42 Å². The summed E-state index contributed by atoms with van der Waals surface area (Å²) in [5, 5.41) is 0. The van der Waals surface area contributed by atoms with Crippen LogP contribution in [0.5, 0.6) is 0 Å². The lowest BCUT2D eigenvalue weighted by Gasteiger charge is -2.15. The molecule has 1 aromatic rings. The van der Waals surface area contributed by atoms with Crippen LogP contribution in [-0.2, 0) is 9.84 Å². The van der Waals surface area contributed by atoms with Crippen molar-refractivity contribution in [3.05, 3.63) is 18.0 Å². The van der Waals surface area contributed by atoms with Gasteiger partial charge in [-0.3, -0.25) is 4.98 Å². The van der Waals surface area contributed by atoms with Crippen molar-refractivity contribution in [2.45, 2.75) is 11.8 Å². The van der Waals surface area contributed by atoms with E-state index in [-0.39, 0.29) is 10.6 Å². The fourth-order valence-corrected chi connectivity index (χ4v) is 2.02.